The fourth-order valence-electron chi connectivity index (χ4n) is 2.75. The summed E-state index contributed by atoms with van der Waals surface area (Å²) >= 11 is 1.99. The summed E-state index contributed by atoms with van der Waals surface area (Å²) in [5.41, 5.74) is 0. The molecule has 3 nitrogen and oxygen atoms in total. The molecule has 2 heterocycles. The number of thioether (sulfide) groups is 1. The van der Waals surface area contributed by atoms with E-state index in [9.17, 15) is 0 Å². The SMILES string of the molecule is CC(CNC1=NCC(C2CC2)S1)N1CCCC1. The van der Waals surface area contributed by atoms with Gasteiger partial charge in [0, 0.05) is 17.8 Å². The topological polar surface area (TPSA) is 27.6 Å². The standard InChI is InChI=1S/C13H23N3S/c1-10(16-6-2-3-7-16)8-14-13-15-9-12(17-13)11-4-5-11/h10-12H,2-9H2,1H3,(H,14,15). The van der Waals surface area contributed by atoms with Crippen molar-refractivity contribution in [3.05, 3.63) is 0 Å². The van der Waals surface area contributed by atoms with Crippen LogP contribution in [0.1, 0.15) is 32.6 Å². The number of nitrogens with one attached hydrogen (secondary N) is 1. The van der Waals surface area contributed by atoms with Gasteiger partial charge in [0.25, 0.3) is 0 Å². The van der Waals surface area contributed by atoms with Crippen molar-refractivity contribution in [2.45, 2.75) is 43.9 Å². The van der Waals surface area contributed by atoms with Crippen molar-refractivity contribution in [1.29, 1.82) is 0 Å². The van der Waals surface area contributed by atoms with Gasteiger partial charge in [-0.1, -0.05) is 11.8 Å². The first-order valence-electron chi connectivity index (χ1n) is 7.02. The van der Waals surface area contributed by atoms with Crippen molar-refractivity contribution in [2.75, 3.05) is 26.2 Å². The number of aliphatic imine (C=N–C) groups is 1. The van der Waals surface area contributed by atoms with Crippen LogP contribution in [-0.4, -0.2) is 47.5 Å². The van der Waals surface area contributed by atoms with Gasteiger partial charge < -0.3 is 5.32 Å². The zero-order valence-corrected chi connectivity index (χ0v) is 11.5. The van der Waals surface area contributed by atoms with Crippen LogP contribution >= 0.6 is 11.8 Å². The molecule has 0 spiro atoms. The molecule has 0 aromatic carbocycles. The van der Waals surface area contributed by atoms with E-state index in [1.807, 2.05) is 11.8 Å². The zero-order valence-electron chi connectivity index (χ0n) is 10.7. The third kappa shape index (κ3) is 2.97. The first-order valence-corrected chi connectivity index (χ1v) is 7.90. The van der Waals surface area contributed by atoms with Crippen LogP contribution in [0.3, 0.4) is 0 Å². The quantitative estimate of drug-likeness (QED) is 0.830. The van der Waals surface area contributed by atoms with E-state index in [0.29, 0.717) is 6.04 Å². The van der Waals surface area contributed by atoms with Crippen molar-refractivity contribution >= 4 is 16.9 Å². The largest absolute Gasteiger partial charge is 0.363 e. The molecular weight excluding hydrogens is 230 g/mol. The highest BCUT2D eigenvalue weighted by molar-refractivity contribution is 8.14. The number of likely N-dealkylation sites (tertiary alicyclic amines) is 1. The van der Waals surface area contributed by atoms with E-state index in [-0.39, 0.29) is 0 Å². The molecule has 0 radical (unpaired) electrons. The number of hydrogen-bond donors (Lipinski definition) is 1. The van der Waals surface area contributed by atoms with E-state index >= 15 is 0 Å². The highest BCUT2D eigenvalue weighted by atomic mass is 32.2. The van der Waals surface area contributed by atoms with Gasteiger partial charge >= 0.3 is 0 Å². The van der Waals surface area contributed by atoms with Gasteiger partial charge in [-0.2, -0.15) is 0 Å². The number of rotatable bonds is 4. The lowest BCUT2D eigenvalue weighted by Gasteiger charge is -2.24. The van der Waals surface area contributed by atoms with Crippen LogP contribution in [0.4, 0.5) is 0 Å². The molecule has 17 heavy (non-hydrogen) atoms. The van der Waals surface area contributed by atoms with Crippen molar-refractivity contribution in [1.82, 2.24) is 10.2 Å². The maximum Gasteiger partial charge on any atom is 0.156 e. The lowest BCUT2D eigenvalue weighted by Crippen LogP contribution is -2.39. The Morgan fingerprint density at radius 1 is 1.41 bits per heavy atom. The average molecular weight is 253 g/mol. The van der Waals surface area contributed by atoms with Gasteiger partial charge in [-0.25, -0.2) is 0 Å². The van der Waals surface area contributed by atoms with E-state index in [1.54, 1.807) is 0 Å². The fourth-order valence-corrected chi connectivity index (χ4v) is 3.96. The summed E-state index contributed by atoms with van der Waals surface area (Å²) in [6.45, 7) is 7.01. The Morgan fingerprint density at radius 3 is 2.88 bits per heavy atom. The van der Waals surface area contributed by atoms with Crippen LogP contribution in [0.25, 0.3) is 0 Å². The Morgan fingerprint density at radius 2 is 2.18 bits per heavy atom. The molecule has 2 unspecified atom stereocenters. The second kappa shape index (κ2) is 5.19. The molecule has 2 aliphatic heterocycles. The van der Waals surface area contributed by atoms with E-state index in [2.05, 4.69) is 22.1 Å². The third-order valence-electron chi connectivity index (χ3n) is 4.14. The second-order valence-corrected chi connectivity index (χ2v) is 6.84. The van der Waals surface area contributed by atoms with Crippen LogP contribution in [0, 0.1) is 5.92 Å². The molecule has 3 rings (SSSR count). The molecule has 0 bridgehead atoms. The Balaban J connectivity index is 1.39. The highest BCUT2D eigenvalue weighted by Crippen LogP contribution is 2.41. The minimum Gasteiger partial charge on any atom is -0.363 e. The minimum atomic E-state index is 0.653. The lowest BCUT2D eigenvalue weighted by molar-refractivity contribution is 0.259. The van der Waals surface area contributed by atoms with Crippen LogP contribution in [0.15, 0.2) is 4.99 Å². The van der Waals surface area contributed by atoms with Crippen molar-refractivity contribution < 1.29 is 0 Å². The highest BCUT2D eigenvalue weighted by Gasteiger charge is 2.35. The second-order valence-electron chi connectivity index (χ2n) is 5.61. The first kappa shape index (κ1) is 11.8. The summed E-state index contributed by atoms with van der Waals surface area (Å²) in [4.78, 5) is 7.22. The molecule has 2 fully saturated rings. The molecular formula is C13H23N3S. The van der Waals surface area contributed by atoms with E-state index in [4.69, 9.17) is 0 Å². The minimum absolute atomic E-state index is 0.653. The van der Waals surface area contributed by atoms with Crippen LogP contribution in [0.5, 0.6) is 0 Å². The zero-order chi connectivity index (χ0) is 11.7. The molecule has 96 valence electrons. The van der Waals surface area contributed by atoms with Gasteiger partial charge in [0.2, 0.25) is 0 Å². The Kier molecular flexibility index (Phi) is 3.61. The van der Waals surface area contributed by atoms with Gasteiger partial charge in [0.05, 0.1) is 6.54 Å². The molecule has 1 saturated carbocycles. The van der Waals surface area contributed by atoms with Gasteiger partial charge in [-0.15, -0.1) is 0 Å². The normalized spacial score (nSPS) is 31.6. The van der Waals surface area contributed by atoms with E-state index in [0.717, 1.165) is 24.3 Å². The average Bonchev–Trinajstić information content (AvgIpc) is 2.88. The summed E-state index contributed by atoms with van der Waals surface area (Å²) in [5, 5.41) is 5.54. The predicted octanol–water partition coefficient (Wildman–Crippen LogP) is 1.94. The molecule has 2 atom stereocenters. The summed E-state index contributed by atoms with van der Waals surface area (Å²) < 4.78 is 0. The van der Waals surface area contributed by atoms with Crippen molar-refractivity contribution in [3.63, 3.8) is 0 Å². The van der Waals surface area contributed by atoms with E-state index < -0.39 is 0 Å². The van der Waals surface area contributed by atoms with Gasteiger partial charge in [0.15, 0.2) is 5.17 Å². The maximum atomic E-state index is 4.63. The van der Waals surface area contributed by atoms with Gasteiger partial charge in [-0.05, 0) is 51.6 Å². The molecule has 1 saturated heterocycles. The fraction of sp³-hybridized carbons (Fsp3) is 0.923. The number of hydrogen-bond acceptors (Lipinski definition) is 4. The van der Waals surface area contributed by atoms with Gasteiger partial charge in [0.1, 0.15) is 0 Å². The summed E-state index contributed by atoms with van der Waals surface area (Å²) in [5.74, 6) is 0.971. The summed E-state index contributed by atoms with van der Waals surface area (Å²) in [6.07, 6.45) is 5.63. The summed E-state index contributed by atoms with van der Waals surface area (Å²) in [6, 6.07) is 0.653. The van der Waals surface area contributed by atoms with Crippen LogP contribution in [0.2, 0.25) is 0 Å². The smallest absolute Gasteiger partial charge is 0.156 e. The Hall–Kier alpha value is -0.220. The Bertz CT molecular complexity index is 295. The first-order chi connectivity index (χ1) is 8.33. The molecule has 0 aromatic rings. The van der Waals surface area contributed by atoms with Crippen molar-refractivity contribution in [3.8, 4) is 0 Å². The molecule has 1 aliphatic carbocycles. The molecule has 0 amide bonds. The molecule has 1 N–H and O–H groups in total. The maximum absolute atomic E-state index is 4.63. The van der Waals surface area contributed by atoms with Crippen LogP contribution in [-0.2, 0) is 0 Å². The Labute approximate surface area is 108 Å². The van der Waals surface area contributed by atoms with E-state index in [1.165, 1.54) is 43.9 Å². The van der Waals surface area contributed by atoms with Gasteiger partial charge in [-0.3, -0.25) is 9.89 Å². The molecule has 4 heteroatoms. The number of amidine groups is 1. The molecule has 3 aliphatic rings. The lowest BCUT2D eigenvalue weighted by atomic mass is 10.3. The molecule has 0 aromatic heterocycles. The summed E-state index contributed by atoms with van der Waals surface area (Å²) in [7, 11) is 0. The number of nitrogens with zero attached hydrogens (tertiary/aromatic N) is 2. The predicted molar refractivity (Wildman–Crippen MR) is 74.7 cm³/mol. The van der Waals surface area contributed by atoms with Crippen LogP contribution < -0.4 is 5.32 Å². The van der Waals surface area contributed by atoms with Crippen molar-refractivity contribution in [2.24, 2.45) is 10.9 Å². The third-order valence-corrected chi connectivity index (χ3v) is 5.47. The monoisotopic (exact) mass is 253 g/mol.